The van der Waals surface area contributed by atoms with E-state index in [2.05, 4.69) is 89.7 Å². The molecule has 0 aromatic carbocycles. The fourth-order valence-electron chi connectivity index (χ4n) is 8.44. The van der Waals surface area contributed by atoms with E-state index in [1.807, 2.05) is 0 Å². The van der Waals surface area contributed by atoms with Gasteiger partial charge in [0.1, 0.15) is 0 Å². The maximum atomic E-state index is 2.82. The van der Waals surface area contributed by atoms with Gasteiger partial charge in [0.2, 0.25) is 0 Å². The van der Waals surface area contributed by atoms with Crippen molar-refractivity contribution in [2.75, 3.05) is 6.66 Å². The summed E-state index contributed by atoms with van der Waals surface area (Å²) in [6.07, 6.45) is 0. The van der Waals surface area contributed by atoms with E-state index >= 15 is 0 Å². The van der Waals surface area contributed by atoms with Gasteiger partial charge in [0, 0.05) is 0 Å². The van der Waals surface area contributed by atoms with E-state index in [0.717, 1.165) is 33.2 Å². The van der Waals surface area contributed by atoms with Gasteiger partial charge in [-0.3, -0.25) is 0 Å². The van der Waals surface area contributed by atoms with Crippen LogP contribution in [0.5, 0.6) is 0 Å². The molecule has 0 bridgehead atoms. The van der Waals surface area contributed by atoms with Crippen molar-refractivity contribution in [2.45, 2.75) is 116 Å². The summed E-state index contributed by atoms with van der Waals surface area (Å²) in [5.41, 5.74) is 5.96. The minimum Gasteiger partial charge on any atom is -0.136 e. The summed E-state index contributed by atoms with van der Waals surface area (Å²) < 4.78 is 0. The Bertz CT molecular complexity index is 359. The summed E-state index contributed by atoms with van der Waals surface area (Å²) in [7, 11) is -3.35. The van der Waals surface area contributed by atoms with E-state index in [1.165, 1.54) is 0 Å². The second-order valence-corrected chi connectivity index (χ2v) is 46.9. The topological polar surface area (TPSA) is 0 Å². The molecule has 0 aliphatic carbocycles. The quantitative estimate of drug-likeness (QED) is 0.319. The normalized spacial score (nSPS) is 23.6. The third-order valence-corrected chi connectivity index (χ3v) is 92.6. The molecule has 0 unspecified atom stereocenters. The lowest BCUT2D eigenvalue weighted by Gasteiger charge is -2.82. The molecular formula is C19H45PSi3. The highest BCUT2D eigenvalue weighted by Gasteiger charge is 2.84. The van der Waals surface area contributed by atoms with Crippen LogP contribution in [0.2, 0.25) is 33.2 Å². The van der Waals surface area contributed by atoms with Crippen LogP contribution >= 0.6 is 7.02 Å². The highest BCUT2D eigenvalue weighted by molar-refractivity contribution is 8.46. The molecule has 4 heteroatoms. The first-order valence-corrected chi connectivity index (χ1v) is 22.0. The maximum Gasteiger partial charge on any atom is 0.0733 e. The van der Waals surface area contributed by atoms with Gasteiger partial charge in [-0.15, -0.1) is 7.02 Å². The highest BCUT2D eigenvalue weighted by Crippen LogP contribution is 2.85. The second kappa shape index (κ2) is 7.00. The molecule has 23 heavy (non-hydrogen) atoms. The Hall–Kier alpha value is 1.08. The lowest BCUT2D eigenvalue weighted by atomic mass is 10.5. The number of hydrogen-bond donors (Lipinski definition) is 0. The smallest absolute Gasteiger partial charge is 0.0733 e. The van der Waals surface area contributed by atoms with Crippen LogP contribution < -0.4 is 0 Å². The fraction of sp³-hybridized carbons (Fsp3) is 1.00. The van der Waals surface area contributed by atoms with Crippen molar-refractivity contribution in [3.8, 4) is 0 Å². The minimum absolute atomic E-state index is 0.316. The summed E-state index contributed by atoms with van der Waals surface area (Å²) in [6.45, 7) is 34.5. The van der Waals surface area contributed by atoms with E-state index in [4.69, 9.17) is 0 Å². The van der Waals surface area contributed by atoms with E-state index in [-0.39, 0.29) is 0 Å². The molecule has 138 valence electrons. The number of rotatable bonds is 6. The zero-order valence-corrected chi connectivity index (χ0v) is 22.3. The van der Waals surface area contributed by atoms with Gasteiger partial charge in [-0.2, -0.15) is 0 Å². The van der Waals surface area contributed by atoms with Crippen molar-refractivity contribution in [1.82, 2.24) is 0 Å². The van der Waals surface area contributed by atoms with Gasteiger partial charge >= 0.3 is 0 Å². The summed E-state index contributed by atoms with van der Waals surface area (Å²) >= 11 is 0. The van der Waals surface area contributed by atoms with Crippen molar-refractivity contribution >= 4 is 28.6 Å². The largest absolute Gasteiger partial charge is 0.136 e. The van der Waals surface area contributed by atoms with Gasteiger partial charge in [0.05, 0.1) is 21.6 Å². The van der Waals surface area contributed by atoms with Crippen molar-refractivity contribution in [3.63, 3.8) is 0 Å². The molecule has 0 spiro atoms. The van der Waals surface area contributed by atoms with Gasteiger partial charge in [-0.05, 0) is 22.2 Å². The van der Waals surface area contributed by atoms with Gasteiger partial charge < -0.3 is 0 Å². The zero-order valence-electron chi connectivity index (χ0n) is 18.4. The van der Waals surface area contributed by atoms with Crippen LogP contribution in [0.15, 0.2) is 0 Å². The van der Waals surface area contributed by atoms with Gasteiger partial charge in [0.15, 0.2) is 0 Å². The van der Waals surface area contributed by atoms with E-state index in [1.54, 1.807) is 0 Å². The third-order valence-electron chi connectivity index (χ3n) is 7.78. The van der Waals surface area contributed by atoms with Crippen LogP contribution in [0, 0.1) is 0 Å². The minimum atomic E-state index is -1.27. The molecule has 0 nitrogen and oxygen atoms in total. The molecule has 0 amide bonds. The SMILES string of the molecule is CC(C)[Si]1(C(C)C)P(C)[Si](C(C)C)(C(C)C)[Si]1(C(C)C)C(C)C. The molecule has 0 N–H and O–H groups in total. The Morgan fingerprint density at radius 1 is 0.435 bits per heavy atom. The van der Waals surface area contributed by atoms with Gasteiger partial charge in [0.25, 0.3) is 0 Å². The monoisotopic (exact) mass is 388 g/mol. The highest BCUT2D eigenvalue weighted by atomic mass is 31.7. The van der Waals surface area contributed by atoms with Crippen LogP contribution in [0.4, 0.5) is 0 Å². The van der Waals surface area contributed by atoms with E-state index in [9.17, 15) is 0 Å². The van der Waals surface area contributed by atoms with Crippen LogP contribution in [-0.4, -0.2) is 28.3 Å². The Labute approximate surface area is 151 Å². The predicted molar refractivity (Wildman–Crippen MR) is 121 cm³/mol. The van der Waals surface area contributed by atoms with E-state index < -0.39 is 21.6 Å². The van der Waals surface area contributed by atoms with E-state index in [0.29, 0.717) is 7.02 Å². The first-order chi connectivity index (χ1) is 10.3. The van der Waals surface area contributed by atoms with Crippen molar-refractivity contribution in [1.29, 1.82) is 0 Å². The number of hydrogen-bond acceptors (Lipinski definition) is 0. The van der Waals surface area contributed by atoms with Crippen LogP contribution in [0.25, 0.3) is 0 Å². The standard InChI is InChI=1S/C19H45PSi3/c1-14(2)21(15(3)4)20(13)22(16(5)6,17(7)8)23(21,18(9)10)19(11)12/h14-19H,1-13H3. The summed E-state index contributed by atoms with van der Waals surface area (Å²) in [4.78, 5) is 0. The van der Waals surface area contributed by atoms with Crippen LogP contribution in [0.3, 0.4) is 0 Å². The molecule has 0 saturated carbocycles. The molecule has 1 heterocycles. The summed E-state index contributed by atoms with van der Waals surface area (Å²) in [5, 5.41) is 0. The molecule has 0 atom stereocenters. The average Bonchev–Trinajstić information content (AvgIpc) is 2.32. The molecule has 0 aromatic heterocycles. The molecule has 1 rings (SSSR count). The first-order valence-electron chi connectivity index (χ1n) is 10.1. The third kappa shape index (κ3) is 2.28. The van der Waals surface area contributed by atoms with Gasteiger partial charge in [-0.25, -0.2) is 0 Å². The molecule has 0 radical (unpaired) electrons. The Morgan fingerprint density at radius 2 is 0.652 bits per heavy atom. The summed E-state index contributed by atoms with van der Waals surface area (Å²) in [6, 6.07) is 0. The molecular weight excluding hydrogens is 343 g/mol. The Kier molecular flexibility index (Phi) is 6.74. The van der Waals surface area contributed by atoms with Gasteiger partial charge in [-0.1, -0.05) is 101 Å². The maximum absolute atomic E-state index is 2.82. The summed E-state index contributed by atoms with van der Waals surface area (Å²) in [5.74, 6) is 0. The molecule has 1 aliphatic heterocycles. The molecule has 1 fully saturated rings. The second-order valence-electron chi connectivity index (χ2n) is 10.0. The lowest BCUT2D eigenvalue weighted by molar-refractivity contribution is 0.865. The average molecular weight is 389 g/mol. The van der Waals surface area contributed by atoms with Crippen LogP contribution in [0.1, 0.15) is 83.1 Å². The van der Waals surface area contributed by atoms with Crippen molar-refractivity contribution < 1.29 is 0 Å². The molecule has 0 aromatic rings. The molecule has 1 aliphatic rings. The first kappa shape index (κ1) is 22.1. The fourth-order valence-corrected chi connectivity index (χ4v) is 143. The Balaban J connectivity index is 3.91. The lowest BCUT2D eigenvalue weighted by Crippen LogP contribution is -2.92. The Morgan fingerprint density at radius 3 is 0.783 bits per heavy atom. The predicted octanol–water partition coefficient (Wildman–Crippen LogP) is 8.07. The van der Waals surface area contributed by atoms with Crippen LogP contribution in [-0.2, 0) is 0 Å². The molecule has 1 saturated heterocycles. The zero-order chi connectivity index (χ0) is 18.5. The van der Waals surface area contributed by atoms with Crippen molar-refractivity contribution in [3.05, 3.63) is 0 Å². The van der Waals surface area contributed by atoms with Crippen molar-refractivity contribution in [2.24, 2.45) is 0 Å².